The molecule has 0 rings (SSSR count). The summed E-state index contributed by atoms with van der Waals surface area (Å²) in [5.74, 6) is -0.517. The maximum atomic E-state index is 12.5. The predicted molar refractivity (Wildman–Crippen MR) is 135 cm³/mol. The third-order valence-electron chi connectivity index (χ3n) is 4.58. The summed E-state index contributed by atoms with van der Waals surface area (Å²) in [4.78, 5) is 25.0. The molecular weight excluding hydrogens is 618 g/mol. The quantitative estimate of drug-likeness (QED) is 0.114. The third kappa shape index (κ3) is 12.6. The fraction of sp³-hybridized carbons (Fsp3) is 0.900. The van der Waals surface area contributed by atoms with Gasteiger partial charge < -0.3 is 30.7 Å². The van der Waals surface area contributed by atoms with Crippen molar-refractivity contribution in [3.05, 3.63) is 0 Å². The van der Waals surface area contributed by atoms with Crippen LogP contribution in [-0.2, 0) is 14.3 Å². The molecule has 0 bridgehead atoms. The van der Waals surface area contributed by atoms with Crippen LogP contribution in [0.4, 0.5) is 0 Å². The van der Waals surface area contributed by atoms with E-state index in [1.165, 1.54) is 0 Å². The number of aliphatic hydroxyl groups is 3. The van der Waals surface area contributed by atoms with Crippen molar-refractivity contribution in [3.8, 4) is 0 Å². The number of aliphatic hydroxyl groups excluding tert-OH is 3. The third-order valence-corrected chi connectivity index (χ3v) is 5.73. The Kier molecular flexibility index (Phi) is 13.4. The minimum Gasteiger partial charge on any atom is -0.394 e. The Balaban J connectivity index is 5.74. The molecule has 0 saturated carbocycles. The Bertz CT molecular complexity index is 573. The van der Waals surface area contributed by atoms with E-state index in [-0.39, 0.29) is 44.7 Å². The molecule has 2 atom stereocenters. The molecule has 2 unspecified atom stereocenters. The summed E-state index contributed by atoms with van der Waals surface area (Å²) in [6, 6.07) is 0. The number of halogens is 3. The topological polar surface area (TPSA) is 140 Å². The fourth-order valence-corrected chi connectivity index (χ4v) is 2.76. The molecule has 9 nitrogen and oxygen atoms in total. The van der Waals surface area contributed by atoms with E-state index in [1.54, 1.807) is 41.5 Å². The Labute approximate surface area is 216 Å². The minimum atomic E-state index is -1.06. The molecular formula is C20H38Br3N3O6. The molecule has 190 valence electrons. The van der Waals surface area contributed by atoms with E-state index in [0.29, 0.717) is 0 Å². The van der Waals surface area contributed by atoms with Crippen molar-refractivity contribution in [3.63, 3.8) is 0 Å². The highest BCUT2D eigenvalue weighted by Gasteiger charge is 2.37. The number of amides is 2. The number of carbonyl (C=O) groups is 2. The Morgan fingerprint density at radius 3 is 1.66 bits per heavy atom. The summed E-state index contributed by atoms with van der Waals surface area (Å²) in [7, 11) is 0. The van der Waals surface area contributed by atoms with Gasteiger partial charge in [-0.3, -0.25) is 14.9 Å². The van der Waals surface area contributed by atoms with Crippen LogP contribution in [-0.4, -0.2) is 91.9 Å². The first-order valence-corrected chi connectivity index (χ1v) is 12.6. The summed E-state index contributed by atoms with van der Waals surface area (Å²) in [5.41, 5.74) is -0.879. The lowest BCUT2D eigenvalue weighted by Gasteiger charge is -2.37. The smallest absolute Gasteiger partial charge is 0.236 e. The van der Waals surface area contributed by atoms with Gasteiger partial charge >= 0.3 is 0 Å². The van der Waals surface area contributed by atoms with Gasteiger partial charge in [0.2, 0.25) is 11.8 Å². The van der Waals surface area contributed by atoms with E-state index in [1.807, 2.05) is 0 Å². The van der Waals surface area contributed by atoms with E-state index in [4.69, 9.17) is 9.84 Å². The van der Waals surface area contributed by atoms with Crippen molar-refractivity contribution in [1.82, 2.24) is 16.0 Å². The second kappa shape index (κ2) is 13.3. The summed E-state index contributed by atoms with van der Waals surface area (Å²) < 4.78 is 3.39. The van der Waals surface area contributed by atoms with E-state index in [9.17, 15) is 19.8 Å². The van der Waals surface area contributed by atoms with Gasteiger partial charge in [0.1, 0.15) is 12.3 Å². The number of hydrogen-bond acceptors (Lipinski definition) is 7. The molecule has 0 aromatic carbocycles. The standard InChI is InChI=1S/C20H38Br3N3O6/c1-17(2,21)14(29)24-9-20(12-32-8-13(28)7-27,10-25-15(30)18(3,4)22)11-26-16(31)19(5,6)23/h13-14,24,27-29H,7-12H2,1-6H3,(H,25,30)(H,26,31). The first kappa shape index (κ1) is 32.2. The molecule has 0 fully saturated rings. The summed E-state index contributed by atoms with van der Waals surface area (Å²) in [5, 5.41) is 37.9. The zero-order valence-electron chi connectivity index (χ0n) is 19.6. The molecule has 0 aromatic rings. The lowest BCUT2D eigenvalue weighted by atomic mass is 9.87. The van der Waals surface area contributed by atoms with Gasteiger partial charge in [-0.2, -0.15) is 0 Å². The highest BCUT2D eigenvalue weighted by Crippen LogP contribution is 2.23. The van der Waals surface area contributed by atoms with Crippen molar-refractivity contribution >= 4 is 59.6 Å². The summed E-state index contributed by atoms with van der Waals surface area (Å²) in [6.07, 6.45) is -1.99. The van der Waals surface area contributed by atoms with Crippen LogP contribution in [0.15, 0.2) is 0 Å². The van der Waals surface area contributed by atoms with Gasteiger partial charge in [0.25, 0.3) is 0 Å². The van der Waals surface area contributed by atoms with E-state index in [0.717, 1.165) is 0 Å². The maximum absolute atomic E-state index is 12.5. The average molecular weight is 656 g/mol. The highest BCUT2D eigenvalue weighted by molar-refractivity contribution is 9.10. The molecule has 0 aliphatic carbocycles. The second-order valence-electron chi connectivity index (χ2n) is 9.51. The molecule has 2 amide bonds. The first-order valence-electron chi connectivity index (χ1n) is 10.3. The Hall–Kier alpha value is 0.180. The van der Waals surface area contributed by atoms with Gasteiger partial charge in [-0.25, -0.2) is 0 Å². The molecule has 0 aliphatic heterocycles. The molecule has 6 N–H and O–H groups in total. The lowest BCUT2D eigenvalue weighted by molar-refractivity contribution is -0.124. The number of rotatable bonds is 15. The summed E-state index contributed by atoms with van der Waals surface area (Å²) in [6.45, 7) is 10.3. The van der Waals surface area contributed by atoms with Gasteiger partial charge in [-0.15, -0.1) is 0 Å². The van der Waals surface area contributed by atoms with E-state index in [2.05, 4.69) is 63.7 Å². The highest BCUT2D eigenvalue weighted by atomic mass is 79.9. The maximum Gasteiger partial charge on any atom is 0.236 e. The largest absolute Gasteiger partial charge is 0.394 e. The van der Waals surface area contributed by atoms with Crippen LogP contribution in [0.5, 0.6) is 0 Å². The minimum absolute atomic E-state index is 0.0263. The zero-order chi connectivity index (χ0) is 25.4. The van der Waals surface area contributed by atoms with Gasteiger partial charge in [-0.1, -0.05) is 47.8 Å². The van der Waals surface area contributed by atoms with Crippen molar-refractivity contribution in [2.75, 3.05) is 39.5 Å². The fourth-order valence-electron chi connectivity index (χ4n) is 2.32. The number of nitrogens with one attached hydrogen (secondary N) is 3. The van der Waals surface area contributed by atoms with Gasteiger partial charge in [0.05, 0.1) is 32.8 Å². The molecule has 0 spiro atoms. The molecule has 0 aliphatic rings. The van der Waals surface area contributed by atoms with Crippen LogP contribution in [0, 0.1) is 5.41 Å². The zero-order valence-corrected chi connectivity index (χ0v) is 24.4. The predicted octanol–water partition coefficient (Wildman–Crippen LogP) is 1.00. The lowest BCUT2D eigenvalue weighted by Crippen LogP contribution is -2.58. The van der Waals surface area contributed by atoms with Crippen LogP contribution in [0.1, 0.15) is 41.5 Å². The average Bonchev–Trinajstić information content (AvgIpc) is 2.65. The molecule has 0 heterocycles. The van der Waals surface area contributed by atoms with Crippen molar-refractivity contribution in [1.29, 1.82) is 0 Å². The van der Waals surface area contributed by atoms with E-state index < -0.39 is 37.3 Å². The van der Waals surface area contributed by atoms with Gasteiger partial charge in [0, 0.05) is 25.0 Å². The van der Waals surface area contributed by atoms with Crippen LogP contribution < -0.4 is 16.0 Å². The number of carbonyl (C=O) groups excluding carboxylic acids is 2. The van der Waals surface area contributed by atoms with Crippen LogP contribution in [0.25, 0.3) is 0 Å². The number of ether oxygens (including phenoxy) is 1. The Morgan fingerprint density at radius 1 is 0.875 bits per heavy atom. The van der Waals surface area contributed by atoms with Gasteiger partial charge in [-0.05, 0) is 41.5 Å². The number of hydrogen-bond donors (Lipinski definition) is 6. The van der Waals surface area contributed by atoms with Crippen LogP contribution in [0.3, 0.4) is 0 Å². The number of alkyl halides is 3. The van der Waals surface area contributed by atoms with Crippen molar-refractivity contribution in [2.45, 2.75) is 66.8 Å². The normalized spacial score (nSPS) is 15.2. The molecule has 0 aromatic heterocycles. The molecule has 0 saturated heterocycles. The first-order chi connectivity index (χ1) is 14.3. The molecule has 0 radical (unpaired) electrons. The Morgan fingerprint density at radius 2 is 1.31 bits per heavy atom. The van der Waals surface area contributed by atoms with E-state index >= 15 is 0 Å². The molecule has 12 heteroatoms. The van der Waals surface area contributed by atoms with Crippen molar-refractivity contribution in [2.24, 2.45) is 5.41 Å². The summed E-state index contributed by atoms with van der Waals surface area (Å²) >= 11 is 10.1. The van der Waals surface area contributed by atoms with Crippen LogP contribution >= 0.6 is 47.8 Å². The monoisotopic (exact) mass is 653 g/mol. The second-order valence-corrected chi connectivity index (χ2v) is 15.5. The SMILES string of the molecule is CC(C)(Br)C(=O)NCC(CNC(=O)C(C)(C)Br)(CNC(O)C(C)(C)Br)COCC(O)CO. The van der Waals surface area contributed by atoms with Crippen molar-refractivity contribution < 1.29 is 29.6 Å². The molecule has 32 heavy (non-hydrogen) atoms. The van der Waals surface area contributed by atoms with Crippen LogP contribution in [0.2, 0.25) is 0 Å². The van der Waals surface area contributed by atoms with Gasteiger partial charge in [0.15, 0.2) is 0 Å².